The highest BCUT2D eigenvalue weighted by Crippen LogP contribution is 2.43. The van der Waals surface area contributed by atoms with Gasteiger partial charge in [-0.15, -0.1) is 0 Å². The summed E-state index contributed by atoms with van der Waals surface area (Å²) in [7, 11) is 0. The number of halogens is 4. The van der Waals surface area contributed by atoms with Gasteiger partial charge in [0, 0.05) is 23.5 Å². The molecule has 162 valence electrons. The largest absolute Gasteiger partial charge is 0.493 e. The molecule has 0 bridgehead atoms. The maximum atomic E-state index is 12.7. The minimum atomic E-state index is -4.32. The summed E-state index contributed by atoms with van der Waals surface area (Å²) in [5, 5.41) is 0.757. The molecule has 2 fully saturated rings. The molecule has 2 atom stereocenters. The van der Waals surface area contributed by atoms with Gasteiger partial charge in [-0.2, -0.15) is 13.2 Å². The van der Waals surface area contributed by atoms with Crippen LogP contribution in [0.25, 0.3) is 0 Å². The van der Waals surface area contributed by atoms with Gasteiger partial charge in [0.15, 0.2) is 0 Å². The minimum Gasteiger partial charge on any atom is -0.493 e. The van der Waals surface area contributed by atoms with Crippen LogP contribution in [-0.2, 0) is 6.18 Å². The Kier molecular flexibility index (Phi) is 6.59. The molecule has 1 aliphatic heterocycles. The highest BCUT2D eigenvalue weighted by molar-refractivity contribution is 6.30. The first-order valence-corrected chi connectivity index (χ1v) is 11.1. The summed E-state index contributed by atoms with van der Waals surface area (Å²) in [5.41, 5.74) is 0.679. The van der Waals surface area contributed by atoms with E-state index < -0.39 is 11.7 Å². The van der Waals surface area contributed by atoms with Crippen LogP contribution in [0.1, 0.15) is 49.3 Å². The average Bonchev–Trinajstić information content (AvgIpc) is 2.70. The third kappa shape index (κ3) is 5.12. The number of benzene rings is 2. The van der Waals surface area contributed by atoms with Crippen LogP contribution in [0.2, 0.25) is 5.02 Å². The molecular weight excluding hydrogens is 411 g/mol. The van der Waals surface area contributed by atoms with E-state index in [0.29, 0.717) is 30.2 Å². The Morgan fingerprint density at radius 2 is 1.67 bits per heavy atom. The third-order valence-corrected chi connectivity index (χ3v) is 6.67. The summed E-state index contributed by atoms with van der Waals surface area (Å²) in [6.07, 6.45) is 1.68. The second-order valence-electron chi connectivity index (χ2n) is 8.52. The number of rotatable bonds is 6. The predicted molar refractivity (Wildman–Crippen MR) is 113 cm³/mol. The van der Waals surface area contributed by atoms with E-state index in [2.05, 4.69) is 17.0 Å². The van der Waals surface area contributed by atoms with Crippen molar-refractivity contribution in [1.82, 2.24) is 4.90 Å². The molecule has 2 nitrogen and oxygen atoms in total. The van der Waals surface area contributed by atoms with Crippen LogP contribution in [0.15, 0.2) is 48.5 Å². The van der Waals surface area contributed by atoms with E-state index in [1.165, 1.54) is 37.0 Å². The van der Waals surface area contributed by atoms with Gasteiger partial charge in [-0.1, -0.05) is 30.2 Å². The van der Waals surface area contributed by atoms with Crippen molar-refractivity contribution in [2.75, 3.05) is 19.7 Å². The van der Waals surface area contributed by atoms with Crippen LogP contribution in [-0.4, -0.2) is 24.6 Å². The normalized spacial score (nSPS) is 21.8. The van der Waals surface area contributed by atoms with E-state index in [-0.39, 0.29) is 0 Å². The third-order valence-electron chi connectivity index (χ3n) is 6.42. The fourth-order valence-electron chi connectivity index (χ4n) is 4.64. The molecule has 4 rings (SSSR count). The summed E-state index contributed by atoms with van der Waals surface area (Å²) in [4.78, 5) is 2.58. The first kappa shape index (κ1) is 21.5. The van der Waals surface area contributed by atoms with E-state index in [9.17, 15) is 13.2 Å². The van der Waals surface area contributed by atoms with Crippen molar-refractivity contribution in [2.24, 2.45) is 11.8 Å². The summed E-state index contributed by atoms with van der Waals surface area (Å²) in [6, 6.07) is 13.6. The Hall–Kier alpha value is -1.72. The fraction of sp³-hybridized carbons (Fsp3) is 0.500. The van der Waals surface area contributed by atoms with Crippen molar-refractivity contribution in [2.45, 2.75) is 44.3 Å². The van der Waals surface area contributed by atoms with Gasteiger partial charge in [0.2, 0.25) is 0 Å². The lowest BCUT2D eigenvalue weighted by Gasteiger charge is -2.45. The predicted octanol–water partition coefficient (Wildman–Crippen LogP) is 6.99. The molecule has 0 amide bonds. The number of hydrogen-bond donors (Lipinski definition) is 0. The fourth-order valence-corrected chi connectivity index (χ4v) is 4.76. The first-order chi connectivity index (χ1) is 14.4. The molecule has 0 N–H and O–H groups in total. The zero-order chi connectivity index (χ0) is 21.1. The van der Waals surface area contributed by atoms with Crippen LogP contribution in [0, 0.1) is 11.8 Å². The monoisotopic (exact) mass is 437 g/mol. The highest BCUT2D eigenvalue weighted by atomic mass is 35.5. The number of likely N-dealkylation sites (tertiary alicyclic amines) is 1. The summed E-state index contributed by atoms with van der Waals surface area (Å²) < 4.78 is 44.0. The van der Waals surface area contributed by atoms with Crippen molar-refractivity contribution in [3.8, 4) is 5.75 Å². The van der Waals surface area contributed by atoms with Crippen LogP contribution in [0.4, 0.5) is 13.2 Å². The Morgan fingerprint density at radius 3 is 2.27 bits per heavy atom. The SMILES string of the molecule is FC(F)(F)c1ccc(OCC2CCCN(C(c3ccc(Cl)cc3)C3CCC3)C2)cc1. The Balaban J connectivity index is 1.38. The van der Waals surface area contributed by atoms with Gasteiger partial charge in [0.1, 0.15) is 5.75 Å². The number of hydrogen-bond acceptors (Lipinski definition) is 2. The lowest BCUT2D eigenvalue weighted by Crippen LogP contribution is -2.43. The minimum absolute atomic E-state index is 0.371. The quantitative estimate of drug-likeness (QED) is 0.482. The topological polar surface area (TPSA) is 12.5 Å². The second kappa shape index (κ2) is 9.19. The van der Waals surface area contributed by atoms with Gasteiger partial charge in [-0.25, -0.2) is 0 Å². The van der Waals surface area contributed by atoms with Gasteiger partial charge in [0.05, 0.1) is 12.2 Å². The molecule has 0 radical (unpaired) electrons. The smallest absolute Gasteiger partial charge is 0.416 e. The van der Waals surface area contributed by atoms with Crippen molar-refractivity contribution < 1.29 is 17.9 Å². The Labute approximate surface area is 181 Å². The zero-order valence-electron chi connectivity index (χ0n) is 16.9. The molecule has 2 aromatic carbocycles. The van der Waals surface area contributed by atoms with Gasteiger partial charge >= 0.3 is 6.18 Å². The number of nitrogens with zero attached hydrogens (tertiary/aromatic N) is 1. The Morgan fingerprint density at radius 1 is 0.967 bits per heavy atom. The highest BCUT2D eigenvalue weighted by Gasteiger charge is 2.35. The van der Waals surface area contributed by atoms with Crippen LogP contribution in [0.3, 0.4) is 0 Å². The van der Waals surface area contributed by atoms with Gasteiger partial charge in [-0.05, 0) is 80.1 Å². The second-order valence-corrected chi connectivity index (χ2v) is 8.96. The van der Waals surface area contributed by atoms with Gasteiger partial charge in [0.25, 0.3) is 0 Å². The molecular formula is C24H27ClF3NO. The van der Waals surface area contributed by atoms with Crippen molar-refractivity contribution >= 4 is 11.6 Å². The molecule has 1 aliphatic carbocycles. The van der Waals surface area contributed by atoms with E-state index in [4.69, 9.17) is 16.3 Å². The maximum absolute atomic E-state index is 12.7. The molecule has 1 saturated heterocycles. The van der Waals surface area contributed by atoms with Crippen molar-refractivity contribution in [3.63, 3.8) is 0 Å². The number of piperidine rings is 1. The number of ether oxygens (including phenoxy) is 1. The summed E-state index contributed by atoms with van der Waals surface area (Å²) in [5.74, 6) is 1.55. The molecule has 2 aliphatic rings. The summed E-state index contributed by atoms with van der Waals surface area (Å²) in [6.45, 7) is 2.55. The van der Waals surface area contributed by atoms with E-state index >= 15 is 0 Å². The van der Waals surface area contributed by atoms with Crippen LogP contribution >= 0.6 is 11.6 Å². The molecule has 0 aromatic heterocycles. The van der Waals surface area contributed by atoms with Gasteiger partial charge < -0.3 is 4.74 Å². The number of alkyl halides is 3. The van der Waals surface area contributed by atoms with Gasteiger partial charge in [-0.3, -0.25) is 4.90 Å². The van der Waals surface area contributed by atoms with E-state index in [0.717, 1.165) is 43.1 Å². The molecule has 6 heteroatoms. The standard InChI is InChI=1S/C24H27ClF3NO/c25-21-10-6-19(7-11-21)23(18-4-1-5-18)29-14-2-3-17(15-29)16-30-22-12-8-20(9-13-22)24(26,27)28/h6-13,17-18,23H,1-5,14-16H2. The van der Waals surface area contributed by atoms with E-state index in [1.54, 1.807) is 0 Å². The molecule has 30 heavy (non-hydrogen) atoms. The molecule has 2 unspecified atom stereocenters. The lowest BCUT2D eigenvalue weighted by atomic mass is 9.75. The summed E-state index contributed by atoms with van der Waals surface area (Å²) >= 11 is 6.09. The van der Waals surface area contributed by atoms with Crippen LogP contribution < -0.4 is 4.74 Å². The molecule has 2 aromatic rings. The molecule has 1 heterocycles. The lowest BCUT2D eigenvalue weighted by molar-refractivity contribution is -0.137. The van der Waals surface area contributed by atoms with Crippen LogP contribution in [0.5, 0.6) is 5.75 Å². The average molecular weight is 438 g/mol. The Bertz CT molecular complexity index is 818. The van der Waals surface area contributed by atoms with E-state index in [1.807, 2.05) is 12.1 Å². The molecule has 1 saturated carbocycles. The molecule has 0 spiro atoms. The maximum Gasteiger partial charge on any atom is 0.416 e. The first-order valence-electron chi connectivity index (χ1n) is 10.7. The van der Waals surface area contributed by atoms with Crippen molar-refractivity contribution in [1.29, 1.82) is 0 Å². The van der Waals surface area contributed by atoms with Crippen molar-refractivity contribution in [3.05, 3.63) is 64.7 Å². The zero-order valence-corrected chi connectivity index (χ0v) is 17.6.